The minimum absolute atomic E-state index is 0.0236. The average molecular weight is 650 g/mol. The monoisotopic (exact) mass is 649 g/mol. The molecule has 7 aromatic carbocycles. The zero-order chi connectivity index (χ0) is 33.6. The Labute approximate surface area is 296 Å². The molecular formula is C47H32BN3. The summed E-state index contributed by atoms with van der Waals surface area (Å²) in [5, 5.41) is 5.20. The molecule has 1 aliphatic carbocycles. The minimum Gasteiger partial charge on any atom is -0.375 e. The summed E-state index contributed by atoms with van der Waals surface area (Å²) in [7, 11) is 0. The van der Waals surface area contributed by atoms with E-state index in [1.807, 2.05) is 0 Å². The smallest absolute Gasteiger partial charge is 0.329 e. The van der Waals surface area contributed by atoms with Gasteiger partial charge in [0.1, 0.15) is 0 Å². The number of hydrogen-bond acceptors (Lipinski definition) is 1. The fraction of sp³-hybridized carbons (Fsp3) is 0.0638. The molecular weight excluding hydrogens is 617 g/mol. The third kappa shape index (κ3) is 3.27. The Balaban J connectivity index is 1.34. The summed E-state index contributed by atoms with van der Waals surface area (Å²) < 4.78 is 5.24. The summed E-state index contributed by atoms with van der Waals surface area (Å²) in [5.74, 6) is 0. The van der Waals surface area contributed by atoms with E-state index in [1.165, 1.54) is 99.6 Å². The van der Waals surface area contributed by atoms with Crippen LogP contribution < -0.4 is 10.4 Å². The summed E-state index contributed by atoms with van der Waals surface area (Å²) in [6.45, 7) is 4.91. The van der Waals surface area contributed by atoms with Gasteiger partial charge in [-0.2, -0.15) is 0 Å². The molecule has 4 heteroatoms. The van der Waals surface area contributed by atoms with Crippen LogP contribution in [0, 0.1) is 0 Å². The van der Waals surface area contributed by atoms with Crippen LogP contribution in [0.15, 0.2) is 163 Å². The Morgan fingerprint density at radius 3 is 1.90 bits per heavy atom. The zero-order valence-corrected chi connectivity index (χ0v) is 28.4. The highest BCUT2D eigenvalue weighted by Gasteiger charge is 2.53. The standard InChI is InChI=1S/C47H32BN3/c1-47(2)37-24-12-9-22-33(37)45-46(47)48-42-34(23-15-27-40(42)50(45)30-18-7-4-8-19-30)41-43-35(28-36-32-21-11-14-26-39(32)51(48)44(36)41)31-20-10-13-25-38(31)49(43)29-16-5-3-6-17-29/h3-28H,1-2H3. The Morgan fingerprint density at radius 1 is 0.510 bits per heavy atom. The summed E-state index contributed by atoms with van der Waals surface area (Å²) in [4.78, 5) is 2.57. The molecule has 0 saturated carbocycles. The largest absolute Gasteiger partial charge is 0.375 e. The first kappa shape index (κ1) is 27.6. The first-order valence-electron chi connectivity index (χ1n) is 18.0. The van der Waals surface area contributed by atoms with Crippen LogP contribution in [0.3, 0.4) is 0 Å². The van der Waals surface area contributed by atoms with Gasteiger partial charge in [-0.15, -0.1) is 0 Å². The predicted octanol–water partition coefficient (Wildman–Crippen LogP) is 11.0. The van der Waals surface area contributed by atoms with E-state index in [4.69, 9.17) is 0 Å². The van der Waals surface area contributed by atoms with E-state index in [9.17, 15) is 0 Å². The molecule has 3 aliphatic rings. The van der Waals surface area contributed by atoms with Crippen LogP contribution in [-0.4, -0.2) is 15.9 Å². The van der Waals surface area contributed by atoms with E-state index in [0.717, 1.165) is 0 Å². The summed E-state index contributed by atoms with van der Waals surface area (Å²) in [6, 6.07) is 58.6. The lowest BCUT2D eigenvalue weighted by atomic mass is 9.40. The summed E-state index contributed by atoms with van der Waals surface area (Å²) >= 11 is 0. The molecule has 238 valence electrons. The van der Waals surface area contributed by atoms with Crippen LogP contribution >= 0.6 is 0 Å². The van der Waals surface area contributed by atoms with Crippen molar-refractivity contribution in [3.05, 3.63) is 174 Å². The van der Waals surface area contributed by atoms with Crippen molar-refractivity contribution >= 4 is 73.0 Å². The van der Waals surface area contributed by atoms with E-state index in [0.29, 0.717) is 0 Å². The van der Waals surface area contributed by atoms with Crippen LogP contribution in [0.4, 0.5) is 11.4 Å². The summed E-state index contributed by atoms with van der Waals surface area (Å²) in [5.41, 5.74) is 18.1. The fourth-order valence-electron chi connectivity index (χ4n) is 10.1. The molecule has 0 unspecified atom stereocenters. The van der Waals surface area contributed by atoms with Gasteiger partial charge < -0.3 is 13.9 Å². The quantitative estimate of drug-likeness (QED) is 0.170. The maximum atomic E-state index is 2.73. The van der Waals surface area contributed by atoms with E-state index in [-0.39, 0.29) is 12.3 Å². The van der Waals surface area contributed by atoms with Crippen molar-refractivity contribution in [2.24, 2.45) is 0 Å². The normalized spacial score (nSPS) is 15.3. The van der Waals surface area contributed by atoms with Gasteiger partial charge in [-0.1, -0.05) is 123 Å². The molecule has 0 bridgehead atoms. The molecule has 0 fully saturated rings. The lowest BCUT2D eigenvalue weighted by Gasteiger charge is -2.43. The molecule has 9 aromatic rings. The van der Waals surface area contributed by atoms with E-state index >= 15 is 0 Å². The number of hydrogen-bond donors (Lipinski definition) is 0. The highest BCUT2D eigenvalue weighted by atomic mass is 15.2. The molecule has 0 amide bonds. The molecule has 3 nitrogen and oxygen atoms in total. The van der Waals surface area contributed by atoms with Crippen LogP contribution in [0.1, 0.15) is 25.0 Å². The van der Waals surface area contributed by atoms with E-state index in [1.54, 1.807) is 0 Å². The van der Waals surface area contributed by atoms with Crippen molar-refractivity contribution in [2.75, 3.05) is 4.90 Å². The van der Waals surface area contributed by atoms with Crippen molar-refractivity contribution < 1.29 is 0 Å². The lowest BCUT2D eigenvalue weighted by Crippen LogP contribution is -2.52. The number of fused-ring (bicyclic) bond motifs is 12. The molecule has 0 atom stereocenters. The molecule has 2 aromatic heterocycles. The highest BCUT2D eigenvalue weighted by molar-refractivity contribution is 6.86. The highest BCUT2D eigenvalue weighted by Crippen LogP contribution is 2.57. The van der Waals surface area contributed by atoms with Crippen LogP contribution in [-0.2, 0) is 5.41 Å². The Morgan fingerprint density at radius 2 is 1.12 bits per heavy atom. The topological polar surface area (TPSA) is 13.1 Å². The van der Waals surface area contributed by atoms with Gasteiger partial charge in [0.05, 0.1) is 11.0 Å². The third-order valence-corrected chi connectivity index (χ3v) is 12.1. The lowest BCUT2D eigenvalue weighted by molar-refractivity contribution is 0.663. The van der Waals surface area contributed by atoms with E-state index in [2.05, 4.69) is 186 Å². The Hall–Kier alpha value is -6.26. The molecule has 0 N–H and O–H groups in total. The van der Waals surface area contributed by atoms with Crippen molar-refractivity contribution in [3.63, 3.8) is 0 Å². The number of benzene rings is 7. The molecule has 51 heavy (non-hydrogen) atoms. The Kier molecular flexibility index (Phi) is 5.13. The molecule has 12 rings (SSSR count). The second kappa shape index (κ2) is 9.50. The van der Waals surface area contributed by atoms with Crippen LogP contribution in [0.5, 0.6) is 0 Å². The zero-order valence-electron chi connectivity index (χ0n) is 28.4. The minimum atomic E-state index is -0.202. The average Bonchev–Trinajstić information content (AvgIpc) is 3.77. The number of aromatic nitrogens is 2. The predicted molar refractivity (Wildman–Crippen MR) is 215 cm³/mol. The second-order valence-corrected chi connectivity index (χ2v) is 14.9. The van der Waals surface area contributed by atoms with Gasteiger partial charge in [0.15, 0.2) is 0 Å². The van der Waals surface area contributed by atoms with Gasteiger partial charge in [-0.05, 0) is 70.6 Å². The number of rotatable bonds is 2. The number of anilines is 2. The molecule has 0 saturated heterocycles. The maximum Gasteiger partial charge on any atom is 0.329 e. The first-order valence-corrected chi connectivity index (χ1v) is 18.0. The maximum absolute atomic E-state index is 2.73. The Bertz CT molecular complexity index is 3000. The van der Waals surface area contributed by atoms with Gasteiger partial charge in [0.25, 0.3) is 0 Å². The first-order chi connectivity index (χ1) is 25.1. The number of para-hydroxylation sites is 4. The number of allylic oxidation sites excluding steroid dienone is 1. The molecule has 2 aliphatic heterocycles. The van der Waals surface area contributed by atoms with Crippen LogP contribution in [0.2, 0.25) is 0 Å². The molecule has 0 radical (unpaired) electrons. The molecule has 0 spiro atoms. The van der Waals surface area contributed by atoms with Gasteiger partial charge in [0, 0.05) is 71.9 Å². The third-order valence-electron chi connectivity index (χ3n) is 12.1. The van der Waals surface area contributed by atoms with E-state index < -0.39 is 0 Å². The number of nitrogens with zero attached hydrogens (tertiary/aromatic N) is 3. The van der Waals surface area contributed by atoms with Crippen molar-refractivity contribution in [3.8, 4) is 16.8 Å². The van der Waals surface area contributed by atoms with Gasteiger partial charge >= 0.3 is 6.85 Å². The van der Waals surface area contributed by atoms with Crippen molar-refractivity contribution in [1.82, 2.24) is 9.05 Å². The molecule has 4 heterocycles. The van der Waals surface area contributed by atoms with Gasteiger partial charge in [-0.25, -0.2) is 0 Å². The van der Waals surface area contributed by atoms with Crippen molar-refractivity contribution in [2.45, 2.75) is 19.3 Å². The van der Waals surface area contributed by atoms with Gasteiger partial charge in [-0.3, -0.25) is 0 Å². The SMILES string of the molecule is CC1(C)C2=C(c3ccccc31)N(c1ccccc1)c1cccc3c1B2n1c2ccccc2c2cc4c5ccccc5n(-c5ccccc5)c4c-3c21. The summed E-state index contributed by atoms with van der Waals surface area (Å²) in [6.07, 6.45) is 0. The van der Waals surface area contributed by atoms with Gasteiger partial charge in [0.2, 0.25) is 0 Å². The second-order valence-electron chi connectivity index (χ2n) is 14.9. The van der Waals surface area contributed by atoms with Crippen LogP contribution in [0.25, 0.3) is 66.1 Å². The fourth-order valence-corrected chi connectivity index (χ4v) is 10.1. The van der Waals surface area contributed by atoms with Crippen molar-refractivity contribution in [1.29, 1.82) is 0 Å².